The second kappa shape index (κ2) is 6.59. The van der Waals surface area contributed by atoms with Crippen LogP contribution in [0.4, 0.5) is 0 Å². The summed E-state index contributed by atoms with van der Waals surface area (Å²) in [6.45, 7) is 7.64. The molecule has 0 radical (unpaired) electrons. The number of ether oxygens (including phenoxy) is 2. The monoisotopic (exact) mass is 287 g/mol. The minimum Gasteiger partial charge on any atom is -0.452 e. The number of pyridine rings is 1. The van der Waals surface area contributed by atoms with Crippen LogP contribution in [0.3, 0.4) is 0 Å². The highest BCUT2D eigenvalue weighted by molar-refractivity contribution is 5.43. The summed E-state index contributed by atoms with van der Waals surface area (Å²) in [5.74, 6) is 1.16. The van der Waals surface area contributed by atoms with Gasteiger partial charge in [0.05, 0.1) is 0 Å². The number of aryl methyl sites for hydroxylation is 3. The largest absolute Gasteiger partial charge is 0.452 e. The fourth-order valence-electron chi connectivity index (χ4n) is 2.23. The zero-order valence-electron chi connectivity index (χ0n) is 12.8. The van der Waals surface area contributed by atoms with Gasteiger partial charge in [-0.15, -0.1) is 0 Å². The van der Waals surface area contributed by atoms with Gasteiger partial charge in [-0.3, -0.25) is 0 Å². The molecule has 1 aromatic carbocycles. The van der Waals surface area contributed by atoms with Crippen LogP contribution in [-0.4, -0.2) is 22.5 Å². The maximum absolute atomic E-state index is 9.89. The molecule has 112 valence electrons. The van der Waals surface area contributed by atoms with Crippen molar-refractivity contribution in [2.24, 2.45) is 0 Å². The Hall–Kier alpha value is -2.07. The minimum absolute atomic E-state index is 0.422. The van der Waals surface area contributed by atoms with Gasteiger partial charge in [0.25, 0.3) is 6.29 Å². The van der Waals surface area contributed by atoms with Gasteiger partial charge in [0.2, 0.25) is 5.88 Å². The first-order valence-electron chi connectivity index (χ1n) is 6.97. The van der Waals surface area contributed by atoms with Gasteiger partial charge in [-0.25, -0.2) is 4.98 Å². The highest BCUT2D eigenvalue weighted by Crippen LogP contribution is 2.26. The normalized spacial score (nSPS) is 13.6. The van der Waals surface area contributed by atoms with E-state index < -0.39 is 12.4 Å². The van der Waals surface area contributed by atoms with Crippen molar-refractivity contribution in [1.82, 2.24) is 4.98 Å². The fourth-order valence-corrected chi connectivity index (χ4v) is 2.23. The van der Waals surface area contributed by atoms with Crippen molar-refractivity contribution in [3.63, 3.8) is 0 Å². The summed E-state index contributed by atoms with van der Waals surface area (Å²) in [4.78, 5) is 4.09. The third-order valence-electron chi connectivity index (χ3n) is 3.11. The van der Waals surface area contributed by atoms with Crippen molar-refractivity contribution in [1.29, 1.82) is 0 Å². The molecule has 0 amide bonds. The van der Waals surface area contributed by atoms with E-state index in [1.807, 2.05) is 39.0 Å². The summed E-state index contributed by atoms with van der Waals surface area (Å²) in [5, 5.41) is 9.89. The van der Waals surface area contributed by atoms with E-state index in [-0.39, 0.29) is 0 Å². The Morgan fingerprint density at radius 2 is 1.71 bits per heavy atom. The van der Waals surface area contributed by atoms with E-state index in [4.69, 9.17) is 9.47 Å². The molecule has 2 atom stereocenters. The number of aliphatic hydroxyl groups excluding tert-OH is 1. The third-order valence-corrected chi connectivity index (χ3v) is 3.11. The number of aromatic nitrogens is 1. The fraction of sp³-hybridized carbons (Fsp3) is 0.353. The van der Waals surface area contributed by atoms with Gasteiger partial charge in [0.1, 0.15) is 11.9 Å². The number of rotatable bonds is 5. The lowest BCUT2D eigenvalue weighted by Gasteiger charge is -2.24. The average Bonchev–Trinajstić information content (AvgIpc) is 2.42. The summed E-state index contributed by atoms with van der Waals surface area (Å²) in [7, 11) is 0. The van der Waals surface area contributed by atoms with Gasteiger partial charge in [-0.1, -0.05) is 23.8 Å². The van der Waals surface area contributed by atoms with Crippen LogP contribution in [0.2, 0.25) is 0 Å². The van der Waals surface area contributed by atoms with E-state index in [9.17, 15) is 5.11 Å². The Morgan fingerprint density at radius 1 is 1.05 bits per heavy atom. The highest BCUT2D eigenvalue weighted by Gasteiger charge is 2.21. The first-order chi connectivity index (χ1) is 9.97. The van der Waals surface area contributed by atoms with Gasteiger partial charge < -0.3 is 14.6 Å². The molecule has 1 aromatic heterocycles. The van der Waals surface area contributed by atoms with Gasteiger partial charge in [-0.05, 0) is 44.9 Å². The smallest absolute Gasteiger partial charge is 0.268 e. The van der Waals surface area contributed by atoms with Gasteiger partial charge in [0, 0.05) is 12.3 Å². The Labute approximate surface area is 125 Å². The molecule has 21 heavy (non-hydrogen) atoms. The number of aliphatic hydroxyl groups is 1. The molecule has 1 N–H and O–H groups in total. The average molecular weight is 287 g/mol. The molecule has 0 saturated carbocycles. The lowest BCUT2D eigenvalue weighted by molar-refractivity contribution is -0.0805. The maximum Gasteiger partial charge on any atom is 0.268 e. The molecule has 2 rings (SSSR count). The molecule has 0 aliphatic rings. The molecule has 0 fully saturated rings. The van der Waals surface area contributed by atoms with Crippen molar-refractivity contribution >= 4 is 0 Å². The molecular weight excluding hydrogens is 266 g/mol. The van der Waals surface area contributed by atoms with Crippen LogP contribution < -0.4 is 9.47 Å². The summed E-state index contributed by atoms with van der Waals surface area (Å²) < 4.78 is 11.5. The van der Waals surface area contributed by atoms with E-state index in [1.165, 1.54) is 5.56 Å². The number of benzene rings is 1. The first kappa shape index (κ1) is 15.3. The number of nitrogens with zero attached hydrogens (tertiary/aromatic N) is 1. The summed E-state index contributed by atoms with van der Waals surface area (Å²) in [6, 6.07) is 9.45. The lowest BCUT2D eigenvalue weighted by Crippen LogP contribution is -2.35. The van der Waals surface area contributed by atoms with Gasteiger partial charge in [0.15, 0.2) is 0 Å². The van der Waals surface area contributed by atoms with Crippen molar-refractivity contribution in [3.05, 3.63) is 53.2 Å². The van der Waals surface area contributed by atoms with E-state index in [0.717, 1.165) is 16.9 Å². The van der Waals surface area contributed by atoms with E-state index in [0.29, 0.717) is 5.88 Å². The third kappa shape index (κ3) is 3.95. The first-order valence-corrected chi connectivity index (χ1v) is 6.97. The lowest BCUT2D eigenvalue weighted by atomic mass is 10.1. The van der Waals surface area contributed by atoms with Crippen LogP contribution in [0.1, 0.15) is 23.6 Å². The molecule has 4 heteroatoms. The zero-order chi connectivity index (χ0) is 15.4. The van der Waals surface area contributed by atoms with E-state index in [2.05, 4.69) is 4.98 Å². The molecule has 2 unspecified atom stereocenters. The Bertz CT molecular complexity index is 573. The Kier molecular flexibility index (Phi) is 4.81. The van der Waals surface area contributed by atoms with Crippen LogP contribution in [0.15, 0.2) is 36.5 Å². The predicted molar refractivity (Wildman–Crippen MR) is 81.6 cm³/mol. The van der Waals surface area contributed by atoms with Crippen LogP contribution in [0, 0.1) is 20.8 Å². The van der Waals surface area contributed by atoms with Gasteiger partial charge >= 0.3 is 0 Å². The zero-order valence-corrected chi connectivity index (χ0v) is 12.8. The molecule has 2 aromatic rings. The van der Waals surface area contributed by atoms with Crippen molar-refractivity contribution in [3.8, 4) is 11.6 Å². The molecule has 4 nitrogen and oxygen atoms in total. The quantitative estimate of drug-likeness (QED) is 0.858. The number of hydrogen-bond donors (Lipinski definition) is 1. The van der Waals surface area contributed by atoms with Crippen LogP contribution in [-0.2, 0) is 0 Å². The Balaban J connectivity index is 2.21. The maximum atomic E-state index is 9.89. The molecular formula is C17H21NO3. The predicted octanol–water partition coefficient (Wildman–Crippen LogP) is 3.17. The Morgan fingerprint density at radius 3 is 2.24 bits per heavy atom. The minimum atomic E-state index is -0.806. The van der Waals surface area contributed by atoms with E-state index >= 15 is 0 Å². The van der Waals surface area contributed by atoms with Crippen LogP contribution in [0.5, 0.6) is 11.6 Å². The molecule has 0 saturated heterocycles. The summed E-state index contributed by atoms with van der Waals surface area (Å²) in [5.41, 5.74) is 3.21. The van der Waals surface area contributed by atoms with Crippen LogP contribution >= 0.6 is 0 Å². The standard InChI is InChI=1S/C17H21NO3/c1-11-9-12(2)16(13(3)10-11)21-17(14(4)19)20-15-7-5-6-8-18-15/h5-10,14,17,19H,1-4H3. The van der Waals surface area contributed by atoms with Gasteiger partial charge in [-0.2, -0.15) is 0 Å². The summed E-state index contributed by atoms with van der Waals surface area (Å²) in [6.07, 6.45) is 0.0451. The molecule has 0 aliphatic heterocycles. The molecule has 0 aliphatic carbocycles. The molecule has 0 spiro atoms. The highest BCUT2D eigenvalue weighted by atomic mass is 16.7. The SMILES string of the molecule is Cc1cc(C)c(OC(Oc2ccccn2)C(C)O)c(C)c1. The van der Waals surface area contributed by atoms with Crippen molar-refractivity contribution in [2.75, 3.05) is 0 Å². The topological polar surface area (TPSA) is 51.6 Å². The molecule has 1 heterocycles. The van der Waals surface area contributed by atoms with E-state index in [1.54, 1.807) is 25.3 Å². The van der Waals surface area contributed by atoms with Crippen molar-refractivity contribution in [2.45, 2.75) is 40.1 Å². The summed E-state index contributed by atoms with van der Waals surface area (Å²) >= 11 is 0. The second-order valence-corrected chi connectivity index (χ2v) is 5.24. The van der Waals surface area contributed by atoms with Crippen LogP contribution in [0.25, 0.3) is 0 Å². The second-order valence-electron chi connectivity index (χ2n) is 5.24. The number of hydrogen-bond acceptors (Lipinski definition) is 4. The molecule has 0 bridgehead atoms. The van der Waals surface area contributed by atoms with Crippen molar-refractivity contribution < 1.29 is 14.6 Å².